The van der Waals surface area contributed by atoms with E-state index in [4.69, 9.17) is 9.84 Å². The van der Waals surface area contributed by atoms with E-state index >= 15 is 0 Å². The molecule has 0 amide bonds. The summed E-state index contributed by atoms with van der Waals surface area (Å²) >= 11 is 0. The molecule has 0 unspecified atom stereocenters. The number of aliphatic hydroxyl groups excluding tert-OH is 1. The van der Waals surface area contributed by atoms with Gasteiger partial charge in [0.25, 0.3) is 5.78 Å². The van der Waals surface area contributed by atoms with Crippen molar-refractivity contribution in [2.75, 3.05) is 0 Å². The van der Waals surface area contributed by atoms with Gasteiger partial charge in [0.05, 0.1) is 6.61 Å². The molecule has 96 valence electrons. The number of Topliss-reactive ketones (excluding diaryl/α,β-unsaturated/α-hetero) is 1. The number of ether oxygens (including phenoxy) is 1. The highest BCUT2D eigenvalue weighted by atomic mass is 16.5. The Bertz CT molecular complexity index is 430. The molecule has 0 bridgehead atoms. The van der Waals surface area contributed by atoms with Crippen molar-refractivity contribution in [2.45, 2.75) is 38.4 Å². The average molecular weight is 248 g/mol. The van der Waals surface area contributed by atoms with Crippen LogP contribution in [0.4, 0.5) is 0 Å². The fourth-order valence-corrected chi connectivity index (χ4v) is 2.09. The van der Waals surface area contributed by atoms with Crippen LogP contribution < -0.4 is 0 Å². The third-order valence-corrected chi connectivity index (χ3v) is 3.16. The highest BCUT2D eigenvalue weighted by Crippen LogP contribution is 2.21. The summed E-state index contributed by atoms with van der Waals surface area (Å²) in [5.41, 5.74) is 1.01. The number of hydrogen-bond acceptors (Lipinski definition) is 4. The van der Waals surface area contributed by atoms with Gasteiger partial charge in [0.15, 0.2) is 0 Å². The third kappa shape index (κ3) is 2.96. The molecule has 0 saturated heterocycles. The van der Waals surface area contributed by atoms with E-state index in [-0.39, 0.29) is 12.7 Å². The van der Waals surface area contributed by atoms with Gasteiger partial charge in [-0.3, -0.25) is 4.79 Å². The monoisotopic (exact) mass is 248 g/mol. The topological polar surface area (TPSA) is 63.6 Å². The van der Waals surface area contributed by atoms with Crippen LogP contribution in [0.3, 0.4) is 0 Å². The maximum absolute atomic E-state index is 11.8. The van der Waals surface area contributed by atoms with Crippen molar-refractivity contribution >= 4 is 11.8 Å². The molecule has 4 heteroatoms. The van der Waals surface area contributed by atoms with Gasteiger partial charge in [-0.25, -0.2) is 4.79 Å². The van der Waals surface area contributed by atoms with Crippen LogP contribution in [0.25, 0.3) is 0 Å². The van der Waals surface area contributed by atoms with E-state index in [2.05, 4.69) is 0 Å². The van der Waals surface area contributed by atoms with Gasteiger partial charge in [0, 0.05) is 5.56 Å². The molecule has 0 atom stereocenters. The molecule has 0 aromatic heterocycles. The maximum Gasteiger partial charge on any atom is 0.379 e. The normalized spacial score (nSPS) is 15.6. The first kappa shape index (κ1) is 12.8. The second-order valence-electron chi connectivity index (χ2n) is 4.50. The molecule has 4 nitrogen and oxygen atoms in total. The van der Waals surface area contributed by atoms with Crippen molar-refractivity contribution < 1.29 is 19.4 Å². The number of esters is 1. The summed E-state index contributed by atoms with van der Waals surface area (Å²) in [6, 6.07) is 6.31. The molecule has 0 aliphatic heterocycles. The summed E-state index contributed by atoms with van der Waals surface area (Å²) in [5, 5.41) is 8.89. The first-order valence-corrected chi connectivity index (χ1v) is 6.16. The number of hydrogen-bond donors (Lipinski definition) is 1. The Kier molecular flexibility index (Phi) is 4.10. The maximum atomic E-state index is 11.8. The van der Waals surface area contributed by atoms with Crippen LogP contribution in [-0.4, -0.2) is 23.0 Å². The smallest absolute Gasteiger partial charge is 0.379 e. The number of benzene rings is 1. The second-order valence-corrected chi connectivity index (χ2v) is 4.50. The lowest BCUT2D eigenvalue weighted by Gasteiger charge is -2.10. The number of carbonyl (C=O) groups excluding carboxylic acids is 2. The summed E-state index contributed by atoms with van der Waals surface area (Å²) in [6.07, 6.45) is 3.71. The molecule has 0 heterocycles. The van der Waals surface area contributed by atoms with Gasteiger partial charge in [-0.1, -0.05) is 24.3 Å². The molecule has 0 spiro atoms. The number of carbonyl (C=O) groups is 2. The summed E-state index contributed by atoms with van der Waals surface area (Å²) in [5.74, 6) is -1.40. The van der Waals surface area contributed by atoms with E-state index in [1.807, 2.05) is 0 Å². The molecule has 1 saturated carbocycles. The Morgan fingerprint density at radius 2 is 1.78 bits per heavy atom. The summed E-state index contributed by atoms with van der Waals surface area (Å²) in [6.45, 7) is -0.0824. The van der Waals surface area contributed by atoms with Gasteiger partial charge in [0.1, 0.15) is 6.10 Å². The Morgan fingerprint density at radius 3 is 2.33 bits per heavy atom. The van der Waals surface area contributed by atoms with Crippen LogP contribution in [0.5, 0.6) is 0 Å². The SMILES string of the molecule is O=C(OC1CCCC1)C(=O)c1ccc(CO)cc1. The zero-order valence-corrected chi connectivity index (χ0v) is 10.1. The minimum Gasteiger partial charge on any atom is -0.456 e. The number of ketones is 1. The van der Waals surface area contributed by atoms with Crippen LogP contribution in [0.2, 0.25) is 0 Å². The second kappa shape index (κ2) is 5.78. The Labute approximate surface area is 106 Å². The minimum atomic E-state index is -0.779. The number of aliphatic hydroxyl groups is 1. The quantitative estimate of drug-likeness (QED) is 0.501. The van der Waals surface area contributed by atoms with E-state index < -0.39 is 11.8 Å². The van der Waals surface area contributed by atoms with E-state index in [1.54, 1.807) is 12.1 Å². The largest absolute Gasteiger partial charge is 0.456 e. The molecule has 1 aliphatic rings. The highest BCUT2D eigenvalue weighted by molar-refractivity contribution is 6.40. The molecule has 1 N–H and O–H groups in total. The summed E-state index contributed by atoms with van der Waals surface area (Å²) in [4.78, 5) is 23.4. The molecule has 0 radical (unpaired) electrons. The van der Waals surface area contributed by atoms with Crippen LogP contribution in [0, 0.1) is 0 Å². The van der Waals surface area contributed by atoms with Crippen molar-refractivity contribution in [3.8, 4) is 0 Å². The van der Waals surface area contributed by atoms with Crippen LogP contribution in [-0.2, 0) is 16.1 Å². The highest BCUT2D eigenvalue weighted by Gasteiger charge is 2.24. The van der Waals surface area contributed by atoms with Gasteiger partial charge < -0.3 is 9.84 Å². The van der Waals surface area contributed by atoms with Crippen molar-refractivity contribution in [3.05, 3.63) is 35.4 Å². The van der Waals surface area contributed by atoms with Crippen LogP contribution in [0.15, 0.2) is 24.3 Å². The third-order valence-electron chi connectivity index (χ3n) is 3.16. The lowest BCUT2D eigenvalue weighted by molar-refractivity contribution is -0.142. The standard InChI is InChI=1S/C14H16O4/c15-9-10-5-7-11(8-6-10)13(16)14(17)18-12-3-1-2-4-12/h5-8,12,15H,1-4,9H2. The van der Waals surface area contributed by atoms with Crippen molar-refractivity contribution in [1.29, 1.82) is 0 Å². The molecular formula is C14H16O4. The van der Waals surface area contributed by atoms with Gasteiger partial charge in [-0.15, -0.1) is 0 Å². The Morgan fingerprint density at radius 1 is 1.17 bits per heavy atom. The Hall–Kier alpha value is -1.68. The van der Waals surface area contributed by atoms with Crippen molar-refractivity contribution in [3.63, 3.8) is 0 Å². The zero-order valence-electron chi connectivity index (χ0n) is 10.1. The number of rotatable bonds is 4. The molecular weight excluding hydrogens is 232 g/mol. The molecule has 1 aromatic carbocycles. The molecule has 1 fully saturated rings. The van der Waals surface area contributed by atoms with Gasteiger partial charge >= 0.3 is 5.97 Å². The fourth-order valence-electron chi connectivity index (χ4n) is 2.09. The molecule has 18 heavy (non-hydrogen) atoms. The molecule has 1 aliphatic carbocycles. The lowest BCUT2D eigenvalue weighted by Crippen LogP contribution is -2.22. The fraction of sp³-hybridized carbons (Fsp3) is 0.429. The van der Waals surface area contributed by atoms with E-state index in [0.717, 1.165) is 25.7 Å². The predicted molar refractivity (Wildman–Crippen MR) is 65.0 cm³/mol. The average Bonchev–Trinajstić information content (AvgIpc) is 2.91. The van der Waals surface area contributed by atoms with E-state index in [9.17, 15) is 9.59 Å². The lowest BCUT2D eigenvalue weighted by atomic mass is 10.1. The van der Waals surface area contributed by atoms with Crippen LogP contribution >= 0.6 is 0 Å². The minimum absolute atomic E-state index is 0.0824. The first-order chi connectivity index (χ1) is 8.70. The predicted octanol–water partition coefficient (Wildman–Crippen LogP) is 1.85. The van der Waals surface area contributed by atoms with E-state index in [1.165, 1.54) is 12.1 Å². The molecule has 1 aromatic rings. The zero-order chi connectivity index (χ0) is 13.0. The summed E-state index contributed by atoms with van der Waals surface area (Å²) < 4.78 is 5.15. The van der Waals surface area contributed by atoms with Crippen molar-refractivity contribution in [2.24, 2.45) is 0 Å². The van der Waals surface area contributed by atoms with Gasteiger partial charge in [-0.2, -0.15) is 0 Å². The summed E-state index contributed by atoms with van der Waals surface area (Å²) in [7, 11) is 0. The van der Waals surface area contributed by atoms with Crippen LogP contribution in [0.1, 0.15) is 41.6 Å². The Balaban J connectivity index is 1.98. The van der Waals surface area contributed by atoms with Gasteiger partial charge in [-0.05, 0) is 31.2 Å². The van der Waals surface area contributed by atoms with Gasteiger partial charge in [0.2, 0.25) is 0 Å². The first-order valence-electron chi connectivity index (χ1n) is 6.16. The van der Waals surface area contributed by atoms with Crippen molar-refractivity contribution in [1.82, 2.24) is 0 Å². The molecule has 2 rings (SSSR count). The van der Waals surface area contributed by atoms with E-state index in [0.29, 0.717) is 11.1 Å².